The molecule has 1 heterocycles. The molecular weight excluding hydrogens is 290 g/mol. The number of nitrogens with one attached hydrogen (secondary N) is 1. The van der Waals surface area contributed by atoms with E-state index in [0.29, 0.717) is 10.6 Å². The fraction of sp³-hybridized carbons (Fsp3) is 0.143. The molecule has 1 N–H and O–H groups in total. The van der Waals surface area contributed by atoms with Crippen molar-refractivity contribution in [2.45, 2.75) is 11.9 Å². The van der Waals surface area contributed by atoms with Crippen molar-refractivity contribution < 1.29 is 9.72 Å². The first-order valence-electron chi connectivity index (χ1n) is 6.15. The highest BCUT2D eigenvalue weighted by Gasteiger charge is 2.11. The third-order valence-corrected chi connectivity index (χ3v) is 3.73. The Morgan fingerprint density at radius 3 is 2.71 bits per heavy atom. The molecule has 0 saturated heterocycles. The summed E-state index contributed by atoms with van der Waals surface area (Å²) in [5.41, 5.74) is 1.36. The Kier molecular flexibility index (Phi) is 4.89. The molecule has 0 aliphatic rings. The van der Waals surface area contributed by atoms with Gasteiger partial charge in [0.25, 0.3) is 5.69 Å². The molecule has 0 bridgehead atoms. The van der Waals surface area contributed by atoms with Crippen LogP contribution in [0.5, 0.6) is 0 Å². The van der Waals surface area contributed by atoms with Crippen LogP contribution in [0.3, 0.4) is 0 Å². The second kappa shape index (κ2) is 6.85. The number of para-hydroxylation sites is 1. The molecule has 0 fully saturated rings. The normalized spacial score (nSPS) is 10.1. The fourth-order valence-electron chi connectivity index (χ4n) is 1.65. The molecular formula is C14H13N3O3S. The Bertz CT molecular complexity index is 662. The summed E-state index contributed by atoms with van der Waals surface area (Å²) in [7, 11) is 0. The number of benzene rings is 1. The van der Waals surface area contributed by atoms with Gasteiger partial charge in [0.05, 0.1) is 15.7 Å². The van der Waals surface area contributed by atoms with Gasteiger partial charge in [0.15, 0.2) is 0 Å². The van der Waals surface area contributed by atoms with Crippen molar-refractivity contribution in [2.75, 3.05) is 11.1 Å². The van der Waals surface area contributed by atoms with Crippen LogP contribution in [0, 0.1) is 17.0 Å². The highest BCUT2D eigenvalue weighted by Crippen LogP contribution is 2.23. The molecule has 0 radical (unpaired) electrons. The maximum atomic E-state index is 11.8. The smallest absolute Gasteiger partial charge is 0.287 e. The lowest BCUT2D eigenvalue weighted by molar-refractivity contribution is -0.385. The predicted molar refractivity (Wildman–Crippen MR) is 81.4 cm³/mol. The number of carbonyl (C=O) groups is 1. The summed E-state index contributed by atoms with van der Waals surface area (Å²) < 4.78 is 0. The maximum absolute atomic E-state index is 11.8. The molecule has 108 valence electrons. The largest absolute Gasteiger partial charge is 0.325 e. The molecule has 0 aliphatic carbocycles. The van der Waals surface area contributed by atoms with Crippen LogP contribution in [-0.2, 0) is 4.79 Å². The van der Waals surface area contributed by atoms with Crippen LogP contribution in [0.1, 0.15) is 5.56 Å². The Morgan fingerprint density at radius 1 is 1.38 bits per heavy atom. The van der Waals surface area contributed by atoms with Crippen LogP contribution in [0.15, 0.2) is 47.6 Å². The Hall–Kier alpha value is -2.41. The van der Waals surface area contributed by atoms with Crippen molar-refractivity contribution in [2.24, 2.45) is 0 Å². The number of anilines is 1. The first kappa shape index (κ1) is 15.0. The quantitative estimate of drug-likeness (QED) is 0.521. The summed E-state index contributed by atoms with van der Waals surface area (Å²) in [5.74, 6) is 0.0475. The zero-order valence-corrected chi connectivity index (χ0v) is 12.1. The summed E-state index contributed by atoms with van der Waals surface area (Å²) in [4.78, 5) is 26.0. The molecule has 0 aliphatic heterocycles. The van der Waals surface area contributed by atoms with Gasteiger partial charge in [-0.05, 0) is 24.6 Å². The lowest BCUT2D eigenvalue weighted by Crippen LogP contribution is -2.14. The molecule has 1 aromatic carbocycles. The summed E-state index contributed by atoms with van der Waals surface area (Å²) in [6.45, 7) is 1.73. The van der Waals surface area contributed by atoms with Crippen LogP contribution < -0.4 is 5.32 Å². The van der Waals surface area contributed by atoms with E-state index in [0.717, 1.165) is 5.69 Å². The fourth-order valence-corrected chi connectivity index (χ4v) is 2.40. The third-order valence-electron chi connectivity index (χ3n) is 2.62. The molecule has 7 heteroatoms. The minimum atomic E-state index is -0.490. The van der Waals surface area contributed by atoms with Crippen LogP contribution in [0.2, 0.25) is 0 Å². The van der Waals surface area contributed by atoms with E-state index < -0.39 is 4.92 Å². The van der Waals surface area contributed by atoms with Gasteiger partial charge >= 0.3 is 0 Å². The maximum Gasteiger partial charge on any atom is 0.287 e. The second-order valence-electron chi connectivity index (χ2n) is 4.28. The van der Waals surface area contributed by atoms with Gasteiger partial charge in [0, 0.05) is 11.8 Å². The molecule has 21 heavy (non-hydrogen) atoms. The number of rotatable bonds is 5. The third kappa shape index (κ3) is 4.28. The zero-order valence-electron chi connectivity index (χ0n) is 11.3. The molecule has 0 spiro atoms. The number of aromatic nitrogens is 1. The van der Waals surface area contributed by atoms with E-state index >= 15 is 0 Å². The van der Waals surface area contributed by atoms with Crippen LogP contribution in [0.4, 0.5) is 11.4 Å². The van der Waals surface area contributed by atoms with Gasteiger partial charge in [-0.3, -0.25) is 14.9 Å². The Morgan fingerprint density at radius 2 is 2.10 bits per heavy atom. The summed E-state index contributed by atoms with van der Waals surface area (Å²) in [5, 5.41) is 14.0. The van der Waals surface area contributed by atoms with Crippen molar-refractivity contribution in [3.63, 3.8) is 0 Å². The SMILES string of the molecule is Cc1cc([N+](=O)[O-])cnc1SCC(=O)Nc1ccccc1. The second-order valence-corrected chi connectivity index (χ2v) is 5.24. The highest BCUT2D eigenvalue weighted by atomic mass is 32.2. The molecule has 2 aromatic rings. The van der Waals surface area contributed by atoms with Gasteiger partial charge in [0.2, 0.25) is 5.91 Å². The van der Waals surface area contributed by atoms with Gasteiger partial charge in [0.1, 0.15) is 6.20 Å². The first-order chi connectivity index (χ1) is 10.1. The number of nitro groups is 1. The molecule has 2 rings (SSSR count). The molecule has 0 unspecified atom stereocenters. The average Bonchev–Trinajstić information content (AvgIpc) is 2.47. The van der Waals surface area contributed by atoms with Crippen molar-refractivity contribution in [1.29, 1.82) is 0 Å². The first-order valence-corrected chi connectivity index (χ1v) is 7.13. The van der Waals surface area contributed by atoms with E-state index in [1.54, 1.807) is 19.1 Å². The standard InChI is InChI=1S/C14H13N3O3S/c1-10-7-12(17(19)20)8-15-14(10)21-9-13(18)16-11-5-3-2-4-6-11/h2-8H,9H2,1H3,(H,16,18). The van der Waals surface area contributed by atoms with Crippen molar-refractivity contribution in [1.82, 2.24) is 4.98 Å². The van der Waals surface area contributed by atoms with Gasteiger partial charge in [-0.1, -0.05) is 30.0 Å². The van der Waals surface area contributed by atoms with E-state index in [-0.39, 0.29) is 17.3 Å². The lowest BCUT2D eigenvalue weighted by atomic mass is 10.3. The van der Waals surface area contributed by atoms with Gasteiger partial charge < -0.3 is 5.32 Å². The number of pyridine rings is 1. The van der Waals surface area contributed by atoms with Gasteiger partial charge in [-0.15, -0.1) is 0 Å². The number of hydrogen-bond acceptors (Lipinski definition) is 5. The topological polar surface area (TPSA) is 85.1 Å². The number of hydrogen-bond donors (Lipinski definition) is 1. The predicted octanol–water partition coefficient (Wildman–Crippen LogP) is 3.03. The van der Waals surface area contributed by atoms with E-state index in [1.807, 2.05) is 18.2 Å². The zero-order chi connectivity index (χ0) is 15.2. The Labute approximate surface area is 125 Å². The molecule has 1 amide bonds. The number of amides is 1. The minimum absolute atomic E-state index is 0.0504. The number of thioether (sulfide) groups is 1. The van der Waals surface area contributed by atoms with Crippen molar-refractivity contribution in [3.8, 4) is 0 Å². The van der Waals surface area contributed by atoms with Gasteiger partial charge in [-0.2, -0.15) is 0 Å². The van der Waals surface area contributed by atoms with E-state index in [1.165, 1.54) is 24.0 Å². The van der Waals surface area contributed by atoms with E-state index in [4.69, 9.17) is 0 Å². The number of nitrogens with zero attached hydrogens (tertiary/aromatic N) is 2. The Balaban J connectivity index is 1.94. The molecule has 6 nitrogen and oxygen atoms in total. The number of aryl methyl sites for hydroxylation is 1. The van der Waals surface area contributed by atoms with E-state index in [9.17, 15) is 14.9 Å². The molecule has 0 atom stereocenters. The number of carbonyl (C=O) groups excluding carboxylic acids is 1. The van der Waals surface area contributed by atoms with E-state index in [2.05, 4.69) is 10.3 Å². The summed E-state index contributed by atoms with van der Waals surface area (Å²) >= 11 is 1.25. The average molecular weight is 303 g/mol. The minimum Gasteiger partial charge on any atom is -0.325 e. The highest BCUT2D eigenvalue weighted by molar-refractivity contribution is 8.00. The molecule has 0 saturated carbocycles. The van der Waals surface area contributed by atoms with Crippen LogP contribution in [-0.4, -0.2) is 21.6 Å². The molecule has 1 aromatic heterocycles. The van der Waals surface area contributed by atoms with Crippen LogP contribution in [0.25, 0.3) is 0 Å². The van der Waals surface area contributed by atoms with Crippen molar-refractivity contribution in [3.05, 3.63) is 58.3 Å². The van der Waals surface area contributed by atoms with Gasteiger partial charge in [-0.25, -0.2) is 4.98 Å². The monoisotopic (exact) mass is 303 g/mol. The van der Waals surface area contributed by atoms with Crippen molar-refractivity contribution >= 4 is 29.0 Å². The lowest BCUT2D eigenvalue weighted by Gasteiger charge is -2.06. The summed E-state index contributed by atoms with van der Waals surface area (Å²) in [6.07, 6.45) is 1.20. The summed E-state index contributed by atoms with van der Waals surface area (Å²) in [6, 6.07) is 10.6. The van der Waals surface area contributed by atoms with Crippen LogP contribution >= 0.6 is 11.8 Å².